The summed E-state index contributed by atoms with van der Waals surface area (Å²) in [7, 11) is 0. The van der Waals surface area contributed by atoms with Gasteiger partial charge in [-0.15, -0.1) is 24.9 Å². The van der Waals surface area contributed by atoms with Crippen LogP contribution in [0.3, 0.4) is 0 Å². The SMILES string of the molecule is C=CCN(C(=O)[C@H]1[C@H]2C(=O)N([C@@H](CC)CO)C(C(=O)N(CC=C)C(C)(C)CC(C)(C)C)C23CC[C@]1(C)S3)c1ccccc1. The lowest BCUT2D eigenvalue weighted by atomic mass is 9.66. The smallest absolute Gasteiger partial charge is 0.247 e. The van der Waals surface area contributed by atoms with Crippen molar-refractivity contribution in [2.45, 2.75) is 101 Å². The molecule has 6 atom stereocenters. The van der Waals surface area contributed by atoms with Crippen molar-refractivity contribution < 1.29 is 19.5 Å². The standard InChI is InChI=1S/C35H51N3O4S/c1-10-20-36(25-16-14-13-15-17-25)29(40)26-27-30(41)38(24(12-3)22-39)28(35(27)19-18-34(26,9)43-35)31(42)37(21-11-2)33(7,8)23-32(4,5)6/h10-11,13-17,24,26-28,39H,1-2,12,18-23H2,3-9H3/t24-,26+,27-,28?,34-,35?/m0/s1. The molecular formula is C35H51N3O4S. The molecule has 0 aromatic heterocycles. The van der Waals surface area contributed by atoms with Gasteiger partial charge in [0.2, 0.25) is 17.7 Å². The highest BCUT2D eigenvalue weighted by molar-refractivity contribution is 8.02. The van der Waals surface area contributed by atoms with Crippen LogP contribution in [0.25, 0.3) is 0 Å². The van der Waals surface area contributed by atoms with Crippen LogP contribution in [-0.4, -0.2) is 79.4 Å². The minimum atomic E-state index is -0.782. The molecule has 3 fully saturated rings. The average Bonchev–Trinajstić information content (AvgIpc) is 3.50. The number of likely N-dealkylation sites (tertiary alicyclic amines) is 1. The molecule has 2 unspecified atom stereocenters. The third-order valence-corrected chi connectivity index (χ3v) is 11.7. The van der Waals surface area contributed by atoms with Crippen molar-refractivity contribution in [3.63, 3.8) is 0 Å². The first-order chi connectivity index (χ1) is 20.1. The zero-order chi connectivity index (χ0) is 32.0. The van der Waals surface area contributed by atoms with Gasteiger partial charge in [-0.2, -0.15) is 0 Å². The number of fused-ring (bicyclic) bond motifs is 1. The molecule has 1 spiro atoms. The van der Waals surface area contributed by atoms with E-state index in [2.05, 4.69) is 54.7 Å². The van der Waals surface area contributed by atoms with Gasteiger partial charge in [0.05, 0.1) is 29.2 Å². The van der Waals surface area contributed by atoms with E-state index in [9.17, 15) is 14.7 Å². The number of thioether (sulfide) groups is 1. The Bertz CT molecular complexity index is 1240. The van der Waals surface area contributed by atoms with Gasteiger partial charge in [-0.25, -0.2) is 0 Å². The zero-order valence-corrected chi connectivity index (χ0v) is 28.0. The highest BCUT2D eigenvalue weighted by atomic mass is 32.2. The number of rotatable bonds is 12. The fourth-order valence-electron chi connectivity index (χ4n) is 8.36. The molecule has 1 aromatic rings. The summed E-state index contributed by atoms with van der Waals surface area (Å²) >= 11 is 1.67. The number of nitrogens with zero attached hydrogens (tertiary/aromatic N) is 3. The van der Waals surface area contributed by atoms with E-state index in [-0.39, 0.29) is 29.7 Å². The monoisotopic (exact) mass is 609 g/mol. The van der Waals surface area contributed by atoms with E-state index < -0.39 is 39.0 Å². The Labute approximate surface area is 262 Å². The fourth-order valence-corrected chi connectivity index (χ4v) is 10.7. The van der Waals surface area contributed by atoms with E-state index in [4.69, 9.17) is 0 Å². The number of hydrogen-bond donors (Lipinski definition) is 1. The lowest BCUT2D eigenvalue weighted by Crippen LogP contribution is -2.61. The summed E-state index contributed by atoms with van der Waals surface area (Å²) in [5, 5.41) is 10.5. The van der Waals surface area contributed by atoms with E-state index in [0.717, 1.165) is 18.5 Å². The summed E-state index contributed by atoms with van der Waals surface area (Å²) in [5.74, 6) is -1.68. The van der Waals surface area contributed by atoms with E-state index in [1.165, 1.54) is 0 Å². The second kappa shape index (κ2) is 12.1. The van der Waals surface area contributed by atoms with Crippen LogP contribution in [0.2, 0.25) is 0 Å². The van der Waals surface area contributed by atoms with Crippen LogP contribution in [-0.2, 0) is 14.4 Å². The molecule has 43 heavy (non-hydrogen) atoms. The molecule has 2 bridgehead atoms. The van der Waals surface area contributed by atoms with Crippen molar-refractivity contribution in [3.05, 3.63) is 55.6 Å². The number of amides is 3. The van der Waals surface area contributed by atoms with Gasteiger partial charge in [0.1, 0.15) is 6.04 Å². The Morgan fingerprint density at radius 2 is 1.72 bits per heavy atom. The Morgan fingerprint density at radius 3 is 2.26 bits per heavy atom. The normalized spacial score (nSPS) is 28.9. The van der Waals surface area contributed by atoms with Crippen LogP contribution in [0.5, 0.6) is 0 Å². The van der Waals surface area contributed by atoms with Gasteiger partial charge in [-0.05, 0) is 64.0 Å². The predicted octanol–water partition coefficient (Wildman–Crippen LogP) is 5.69. The van der Waals surface area contributed by atoms with Gasteiger partial charge in [0.15, 0.2) is 0 Å². The number of aliphatic hydroxyl groups is 1. The number of anilines is 1. The van der Waals surface area contributed by atoms with Crippen molar-refractivity contribution in [1.29, 1.82) is 0 Å². The number of benzene rings is 1. The van der Waals surface area contributed by atoms with E-state index in [0.29, 0.717) is 25.9 Å². The Balaban J connectivity index is 1.85. The summed E-state index contributed by atoms with van der Waals surface area (Å²) in [5.41, 5.74) is 0.210. The third kappa shape index (κ3) is 5.70. The van der Waals surface area contributed by atoms with Gasteiger partial charge >= 0.3 is 0 Å². The molecule has 3 aliphatic heterocycles. The average molecular weight is 610 g/mol. The summed E-state index contributed by atoms with van der Waals surface area (Å²) in [6.07, 6.45) is 6.12. The quantitative estimate of drug-likeness (QED) is 0.308. The van der Waals surface area contributed by atoms with Gasteiger partial charge in [-0.1, -0.05) is 58.0 Å². The molecule has 0 radical (unpaired) electrons. The molecule has 0 aliphatic carbocycles. The van der Waals surface area contributed by atoms with Gasteiger partial charge < -0.3 is 19.8 Å². The molecular weight excluding hydrogens is 558 g/mol. The Hall–Kier alpha value is -2.58. The number of aliphatic hydroxyl groups excluding tert-OH is 1. The van der Waals surface area contributed by atoms with Crippen LogP contribution in [0, 0.1) is 17.3 Å². The highest BCUT2D eigenvalue weighted by Crippen LogP contribution is 2.72. The fraction of sp³-hybridized carbons (Fsp3) is 0.629. The van der Waals surface area contributed by atoms with Crippen LogP contribution in [0.1, 0.15) is 74.1 Å². The van der Waals surface area contributed by atoms with Gasteiger partial charge in [-0.3, -0.25) is 14.4 Å². The van der Waals surface area contributed by atoms with Crippen LogP contribution >= 0.6 is 11.8 Å². The Kier molecular flexibility index (Phi) is 9.35. The molecule has 3 heterocycles. The van der Waals surface area contributed by atoms with Crippen LogP contribution in [0.4, 0.5) is 5.69 Å². The topological polar surface area (TPSA) is 81.2 Å². The molecule has 1 aromatic carbocycles. The van der Waals surface area contributed by atoms with E-state index in [1.807, 2.05) is 42.2 Å². The van der Waals surface area contributed by atoms with E-state index >= 15 is 4.79 Å². The van der Waals surface area contributed by atoms with Crippen molar-refractivity contribution in [2.24, 2.45) is 17.3 Å². The summed E-state index contributed by atoms with van der Waals surface area (Å²) in [4.78, 5) is 49.6. The largest absolute Gasteiger partial charge is 0.394 e. The molecule has 8 heteroatoms. The van der Waals surface area contributed by atoms with Crippen LogP contribution < -0.4 is 4.90 Å². The maximum atomic E-state index is 15.0. The number of carbonyl (C=O) groups is 3. The third-order valence-electron chi connectivity index (χ3n) is 9.71. The molecule has 3 saturated heterocycles. The van der Waals surface area contributed by atoms with Crippen molar-refractivity contribution in [2.75, 3.05) is 24.6 Å². The van der Waals surface area contributed by atoms with Crippen molar-refractivity contribution in [3.8, 4) is 0 Å². The summed E-state index contributed by atoms with van der Waals surface area (Å²) in [6, 6.07) is 8.21. The minimum absolute atomic E-state index is 0.0378. The zero-order valence-electron chi connectivity index (χ0n) is 27.1. The first kappa shape index (κ1) is 33.3. The molecule has 7 nitrogen and oxygen atoms in total. The predicted molar refractivity (Wildman–Crippen MR) is 176 cm³/mol. The minimum Gasteiger partial charge on any atom is -0.394 e. The van der Waals surface area contributed by atoms with Crippen molar-refractivity contribution >= 4 is 35.2 Å². The molecule has 4 rings (SSSR count). The van der Waals surface area contributed by atoms with Crippen LogP contribution in [0.15, 0.2) is 55.6 Å². The lowest BCUT2D eigenvalue weighted by molar-refractivity contribution is -0.149. The molecule has 0 saturated carbocycles. The molecule has 3 amide bonds. The first-order valence-corrected chi connectivity index (χ1v) is 16.5. The maximum absolute atomic E-state index is 15.0. The summed E-state index contributed by atoms with van der Waals surface area (Å²) < 4.78 is -1.26. The van der Waals surface area contributed by atoms with E-state index in [1.54, 1.807) is 33.7 Å². The molecule has 3 aliphatic rings. The molecule has 236 valence electrons. The number of hydrogen-bond acceptors (Lipinski definition) is 5. The van der Waals surface area contributed by atoms with Gasteiger partial charge in [0, 0.05) is 29.1 Å². The first-order valence-electron chi connectivity index (χ1n) is 15.7. The summed E-state index contributed by atoms with van der Waals surface area (Å²) in [6.45, 7) is 23.0. The van der Waals surface area contributed by atoms with Gasteiger partial charge in [0.25, 0.3) is 0 Å². The van der Waals surface area contributed by atoms with Crippen molar-refractivity contribution in [1.82, 2.24) is 9.80 Å². The maximum Gasteiger partial charge on any atom is 0.247 e. The second-order valence-electron chi connectivity index (χ2n) is 14.6. The number of carbonyl (C=O) groups excluding carboxylic acids is 3. The molecule has 1 N–H and O–H groups in total. The lowest BCUT2D eigenvalue weighted by Gasteiger charge is -2.46. The second-order valence-corrected chi connectivity index (χ2v) is 16.5. The highest BCUT2D eigenvalue weighted by Gasteiger charge is 2.78. The Morgan fingerprint density at radius 1 is 1.09 bits per heavy atom. The number of para-hydroxylation sites is 1.